The predicted molar refractivity (Wildman–Crippen MR) is 189 cm³/mol. The summed E-state index contributed by atoms with van der Waals surface area (Å²) in [6.07, 6.45) is -6.85. The highest BCUT2D eigenvalue weighted by Crippen LogP contribution is 2.72. The van der Waals surface area contributed by atoms with Crippen LogP contribution in [0.15, 0.2) is 0 Å². The number of Topliss-reactive ketones (excluding diaryl/α,β-unsaturated/α-hetero) is 1. The number of aliphatic hydroxyl groups is 3. The number of ether oxygens (including phenoxy) is 5. The molecule has 2 heterocycles. The molecule has 4 aliphatic carbocycles. The zero-order valence-corrected chi connectivity index (χ0v) is 34.0. The van der Waals surface area contributed by atoms with Crippen LogP contribution >= 0.6 is 45.2 Å². The van der Waals surface area contributed by atoms with E-state index < -0.39 is 125 Å². The van der Waals surface area contributed by atoms with Crippen LogP contribution in [0, 0.1) is 51.8 Å². The molecule has 280 valence electrons. The molecule has 2 aliphatic heterocycles. The second kappa shape index (κ2) is 12.2. The molecule has 6 aliphatic rings. The smallest absolute Gasteiger partial charge is 0.339 e. The van der Waals surface area contributed by atoms with Crippen molar-refractivity contribution in [2.45, 2.75) is 131 Å². The Bertz CT molecular complexity index is 1500. The second-order valence-electron chi connectivity index (χ2n) is 16.5. The summed E-state index contributed by atoms with van der Waals surface area (Å²) in [6, 6.07) is 0. The molecule has 0 amide bonds. The summed E-state index contributed by atoms with van der Waals surface area (Å²) >= 11 is 4.34. The van der Waals surface area contributed by atoms with E-state index in [1.54, 1.807) is 20.8 Å². The molecule has 50 heavy (non-hydrogen) atoms. The van der Waals surface area contributed by atoms with E-state index in [0.717, 1.165) is 0 Å². The largest absolute Gasteiger partial charge is 0.459 e. The molecule has 4 unspecified atom stereocenters. The molecule has 0 radical (unpaired) electrons. The Morgan fingerprint density at radius 3 is 2.06 bits per heavy atom. The molecule has 19 atom stereocenters. The van der Waals surface area contributed by atoms with Crippen molar-refractivity contribution in [1.29, 1.82) is 0 Å². The van der Waals surface area contributed by atoms with E-state index in [4.69, 9.17) is 23.7 Å². The predicted octanol–water partition coefficient (Wildman–Crippen LogP) is 2.67. The molecular formula is C35H48I2O13. The third-order valence-electron chi connectivity index (χ3n) is 14.0. The Kier molecular flexibility index (Phi) is 9.40. The minimum atomic E-state index is -1.92. The summed E-state index contributed by atoms with van der Waals surface area (Å²) in [4.78, 5) is 66.5. The van der Waals surface area contributed by atoms with Gasteiger partial charge in [0.1, 0.15) is 30.5 Å². The highest BCUT2D eigenvalue weighted by Gasteiger charge is 2.80. The lowest BCUT2D eigenvalue weighted by atomic mass is 9.38. The number of alkyl halides is 2. The maximum absolute atomic E-state index is 14.4. The highest BCUT2D eigenvalue weighted by atomic mass is 127. The van der Waals surface area contributed by atoms with Gasteiger partial charge in [0.2, 0.25) is 0 Å². The first-order valence-corrected chi connectivity index (χ1v) is 19.6. The molecule has 4 saturated carbocycles. The van der Waals surface area contributed by atoms with Crippen LogP contribution in [-0.4, -0.2) is 101 Å². The fraction of sp³-hybridized carbons (Fsp3) is 0.857. The van der Waals surface area contributed by atoms with E-state index in [0.29, 0.717) is 0 Å². The van der Waals surface area contributed by atoms with Crippen molar-refractivity contribution in [2.75, 3.05) is 0 Å². The van der Waals surface area contributed by atoms with Gasteiger partial charge in [-0.1, -0.05) is 50.3 Å². The van der Waals surface area contributed by atoms with Crippen LogP contribution in [0.4, 0.5) is 0 Å². The van der Waals surface area contributed by atoms with Crippen molar-refractivity contribution in [3.05, 3.63) is 0 Å². The van der Waals surface area contributed by atoms with Crippen molar-refractivity contribution in [3.63, 3.8) is 0 Å². The molecule has 0 bridgehead atoms. The van der Waals surface area contributed by atoms with Gasteiger partial charge in [-0.3, -0.25) is 19.2 Å². The fourth-order valence-electron chi connectivity index (χ4n) is 11.6. The van der Waals surface area contributed by atoms with Crippen LogP contribution in [-0.2, 0) is 47.7 Å². The minimum Gasteiger partial charge on any atom is -0.459 e. The Morgan fingerprint density at radius 1 is 0.960 bits per heavy atom. The topological polar surface area (TPSA) is 195 Å². The molecule has 0 aromatic heterocycles. The molecule has 0 aromatic rings. The number of epoxide rings is 1. The zero-order valence-electron chi connectivity index (χ0n) is 29.7. The fourth-order valence-corrected chi connectivity index (χ4v) is 14.4. The lowest BCUT2D eigenvalue weighted by molar-refractivity contribution is -0.291. The number of carbonyl (C=O) groups is 5. The molecule has 13 nitrogen and oxygen atoms in total. The van der Waals surface area contributed by atoms with Gasteiger partial charge < -0.3 is 39.0 Å². The first kappa shape index (κ1) is 38.6. The number of ketones is 1. The maximum atomic E-state index is 14.4. The third kappa shape index (κ3) is 4.96. The monoisotopic (exact) mass is 930 g/mol. The van der Waals surface area contributed by atoms with Gasteiger partial charge >= 0.3 is 23.9 Å². The van der Waals surface area contributed by atoms with Crippen LogP contribution in [0.25, 0.3) is 0 Å². The van der Waals surface area contributed by atoms with Gasteiger partial charge in [-0.25, -0.2) is 4.79 Å². The third-order valence-corrected chi connectivity index (χ3v) is 19.3. The first-order valence-electron chi connectivity index (χ1n) is 17.3. The first-order chi connectivity index (χ1) is 22.9. The number of halogens is 2. The molecule has 15 heteroatoms. The van der Waals surface area contributed by atoms with Crippen molar-refractivity contribution < 1.29 is 63.0 Å². The van der Waals surface area contributed by atoms with Crippen LogP contribution in [0.2, 0.25) is 0 Å². The number of carbonyl (C=O) groups excluding carboxylic acids is 5. The Hall–Kier alpha value is -1.15. The quantitative estimate of drug-likeness (QED) is 0.120. The summed E-state index contributed by atoms with van der Waals surface area (Å²) in [6.45, 7) is 14.1. The summed E-state index contributed by atoms with van der Waals surface area (Å²) in [5.41, 5.74) is -5.74. The molecule has 0 spiro atoms. The summed E-state index contributed by atoms with van der Waals surface area (Å²) < 4.78 is 28.8. The number of rotatable bonds is 5. The van der Waals surface area contributed by atoms with Crippen LogP contribution in [0.1, 0.15) is 75.2 Å². The average molecular weight is 931 g/mol. The molecule has 2 saturated heterocycles. The molecular weight excluding hydrogens is 882 g/mol. The van der Waals surface area contributed by atoms with Gasteiger partial charge in [0, 0.05) is 49.4 Å². The van der Waals surface area contributed by atoms with E-state index in [-0.39, 0.29) is 24.9 Å². The van der Waals surface area contributed by atoms with E-state index >= 15 is 0 Å². The van der Waals surface area contributed by atoms with Gasteiger partial charge in [0.15, 0.2) is 15.0 Å². The van der Waals surface area contributed by atoms with Gasteiger partial charge in [-0.05, 0) is 67.0 Å². The zero-order chi connectivity index (χ0) is 37.4. The van der Waals surface area contributed by atoms with Crippen molar-refractivity contribution in [1.82, 2.24) is 0 Å². The summed E-state index contributed by atoms with van der Waals surface area (Å²) in [7, 11) is 0. The van der Waals surface area contributed by atoms with Crippen LogP contribution in [0.5, 0.6) is 0 Å². The number of hydrogen-bond acceptors (Lipinski definition) is 13. The summed E-state index contributed by atoms with van der Waals surface area (Å²) in [5.74, 6) is -8.00. The maximum Gasteiger partial charge on any atom is 0.339 e. The highest BCUT2D eigenvalue weighted by molar-refractivity contribution is 14.1. The van der Waals surface area contributed by atoms with Gasteiger partial charge in [0.25, 0.3) is 0 Å². The second-order valence-corrected chi connectivity index (χ2v) is 19.5. The van der Waals surface area contributed by atoms with Gasteiger partial charge in [-0.15, -0.1) is 0 Å². The standard InChI is InChI=1S/C35H48I2O13/c1-12-18(11-31(6)34(9,45)30(44)50-35(31,37)27(12)36)33(8)21(13(2)38)20-22(26(46-14(3)39)29(33)48-16(5)41)32(7)17(23(42)24(20)43)10-19-25(49-19)28(32)47-15(4)40/h12-13,17-22,24-29,38,43,45H,10-11H2,1-9H3/t12-,13-,17+,18+,19-,20?,21-,22?,24+,25-,26-,27?,28-,29-,31-,32-,33+,34+,35?/m0/s1. The number of hydrogen-bond donors (Lipinski definition) is 3. The van der Waals surface area contributed by atoms with E-state index in [1.807, 2.05) is 13.8 Å². The molecule has 3 N–H and O–H groups in total. The average Bonchev–Trinajstić information content (AvgIpc) is 3.75. The summed E-state index contributed by atoms with van der Waals surface area (Å²) in [5, 5.41) is 35.9. The lowest BCUT2D eigenvalue weighted by Crippen LogP contribution is -2.77. The number of esters is 4. The van der Waals surface area contributed by atoms with E-state index in [1.165, 1.54) is 27.7 Å². The van der Waals surface area contributed by atoms with Gasteiger partial charge in [-0.2, -0.15) is 0 Å². The molecule has 6 rings (SSSR count). The molecule has 6 fully saturated rings. The lowest BCUT2D eigenvalue weighted by Gasteiger charge is -2.68. The van der Waals surface area contributed by atoms with E-state index in [9.17, 15) is 39.3 Å². The van der Waals surface area contributed by atoms with Crippen LogP contribution < -0.4 is 0 Å². The minimum absolute atomic E-state index is 0.147. The Labute approximate surface area is 318 Å². The Morgan fingerprint density at radius 2 is 1.52 bits per heavy atom. The van der Waals surface area contributed by atoms with Crippen molar-refractivity contribution in [3.8, 4) is 0 Å². The van der Waals surface area contributed by atoms with Crippen LogP contribution in [0.3, 0.4) is 0 Å². The number of aliphatic hydroxyl groups excluding tert-OH is 2. The van der Waals surface area contributed by atoms with Crippen molar-refractivity contribution >= 4 is 74.8 Å². The Balaban J connectivity index is 1.62. The van der Waals surface area contributed by atoms with E-state index in [2.05, 4.69) is 45.2 Å². The number of fused-ring (bicyclic) bond motifs is 5. The van der Waals surface area contributed by atoms with Gasteiger partial charge in [0.05, 0.1) is 21.5 Å². The molecule has 0 aromatic carbocycles. The normalized spacial score (nSPS) is 54.2. The van der Waals surface area contributed by atoms with Crippen molar-refractivity contribution in [2.24, 2.45) is 51.8 Å². The SMILES string of the molecule is CC(=O)O[C@H]1C2C([C@H]([C@H](C)O)[C@@](C)([C@@H]3C[C@]4(C)C(I)(OC(=O)[C@@]4(C)O)C(I)[C@H]3C)[C@H]1OC(C)=O)[C@@H](O)C(=O)[C@H]1C[C@@H]3O[C@@H]3[C@H](OC(C)=O)[C@]21C.